The molecule has 1 atom stereocenters. The molecule has 0 saturated carbocycles. The molecule has 0 saturated heterocycles. The topological polar surface area (TPSA) is 0 Å². The van der Waals surface area contributed by atoms with E-state index in [4.69, 9.17) is 0 Å². The molecule has 1 aromatic carbocycles. The van der Waals surface area contributed by atoms with Crippen LogP contribution in [0.25, 0.3) is 10.5 Å². The first-order valence-corrected chi connectivity index (χ1v) is 5.38. The summed E-state index contributed by atoms with van der Waals surface area (Å²) in [4.78, 5) is 0. The van der Waals surface area contributed by atoms with Crippen molar-refractivity contribution in [2.75, 3.05) is 0 Å². The molecule has 2 heteroatoms. The maximum Gasteiger partial charge on any atom is 0.0286 e. The number of hydrogen-bond donors (Lipinski definition) is 0. The van der Waals surface area contributed by atoms with E-state index < -0.39 is 0 Å². The quantitative estimate of drug-likeness (QED) is 0.639. The van der Waals surface area contributed by atoms with Crippen LogP contribution < -0.4 is 0 Å². The van der Waals surface area contributed by atoms with Crippen molar-refractivity contribution in [1.82, 2.24) is 0 Å². The van der Waals surface area contributed by atoms with Gasteiger partial charge in [0, 0.05) is 9.86 Å². The molecule has 0 nitrogen and oxygen atoms in total. The molecule has 0 bridgehead atoms. The van der Waals surface area contributed by atoms with Gasteiger partial charge in [0.15, 0.2) is 0 Å². The molecular formula is C9H8BrP. The first-order valence-electron chi connectivity index (χ1n) is 3.51. The molecule has 0 aliphatic heterocycles. The van der Waals surface area contributed by atoms with Crippen LogP contribution in [-0.4, -0.2) is 0 Å². The summed E-state index contributed by atoms with van der Waals surface area (Å²) in [5, 5.41) is 2.84. The van der Waals surface area contributed by atoms with Crippen LogP contribution in [0.4, 0.5) is 0 Å². The molecule has 2 aromatic rings. The molecule has 0 spiro atoms. The van der Waals surface area contributed by atoms with Gasteiger partial charge in [0.1, 0.15) is 0 Å². The summed E-state index contributed by atoms with van der Waals surface area (Å²) < 4.78 is 1.26. The van der Waals surface area contributed by atoms with E-state index in [-0.39, 0.29) is 0 Å². The molecule has 1 heterocycles. The molecule has 0 radical (unpaired) electrons. The van der Waals surface area contributed by atoms with Crippen molar-refractivity contribution in [3.8, 4) is 0 Å². The summed E-state index contributed by atoms with van der Waals surface area (Å²) in [5.74, 6) is 2.23. The molecule has 1 aromatic heterocycles. The van der Waals surface area contributed by atoms with Gasteiger partial charge in [-0.15, -0.1) is 8.19 Å². The zero-order valence-electron chi connectivity index (χ0n) is 6.19. The third-order valence-corrected chi connectivity index (χ3v) is 3.99. The number of benzene rings is 1. The van der Waals surface area contributed by atoms with Crippen molar-refractivity contribution in [1.29, 1.82) is 0 Å². The summed E-state index contributed by atoms with van der Waals surface area (Å²) in [6.07, 6.45) is 0. The van der Waals surface area contributed by atoms with E-state index >= 15 is 0 Å². The number of hydrogen-bond acceptors (Lipinski definition) is 0. The second-order valence-corrected chi connectivity index (χ2v) is 4.59. The minimum Gasteiger partial charge on any atom is -0.132 e. The van der Waals surface area contributed by atoms with Gasteiger partial charge in [-0.1, -0.05) is 12.1 Å². The van der Waals surface area contributed by atoms with E-state index in [0.29, 0.717) is 0 Å². The van der Waals surface area contributed by atoms with Crippen molar-refractivity contribution in [3.63, 3.8) is 0 Å². The lowest BCUT2D eigenvalue weighted by atomic mass is 10.2. The second-order valence-electron chi connectivity index (χ2n) is 2.64. The molecule has 0 amide bonds. The average molecular weight is 227 g/mol. The Morgan fingerprint density at radius 2 is 2.09 bits per heavy atom. The van der Waals surface area contributed by atoms with Gasteiger partial charge >= 0.3 is 0 Å². The van der Waals surface area contributed by atoms with Crippen LogP contribution in [0.3, 0.4) is 0 Å². The summed E-state index contributed by atoms with van der Waals surface area (Å²) in [5.41, 5.74) is 1.32. The fourth-order valence-electron chi connectivity index (χ4n) is 1.21. The largest absolute Gasteiger partial charge is 0.132 e. The van der Waals surface area contributed by atoms with Gasteiger partial charge in [-0.2, -0.15) is 0 Å². The molecule has 11 heavy (non-hydrogen) atoms. The Labute approximate surface area is 75.8 Å². The van der Waals surface area contributed by atoms with E-state index in [0.717, 1.165) is 8.19 Å². The van der Waals surface area contributed by atoms with Crippen LogP contribution in [-0.2, 0) is 0 Å². The minimum absolute atomic E-state index is 0.862. The Hall–Kier alpha value is -0.260. The van der Waals surface area contributed by atoms with E-state index in [1.807, 2.05) is 0 Å². The van der Waals surface area contributed by atoms with Crippen molar-refractivity contribution >= 4 is 34.6 Å². The van der Waals surface area contributed by atoms with Crippen molar-refractivity contribution in [2.24, 2.45) is 0 Å². The van der Waals surface area contributed by atoms with Gasteiger partial charge in [-0.05, 0) is 45.4 Å². The minimum atomic E-state index is 0.862. The smallest absolute Gasteiger partial charge is 0.0286 e. The highest BCUT2D eigenvalue weighted by Crippen LogP contribution is 2.32. The molecular weight excluding hydrogens is 219 g/mol. The Kier molecular flexibility index (Phi) is 1.78. The number of rotatable bonds is 0. The highest BCUT2D eigenvalue weighted by molar-refractivity contribution is 9.10. The fourth-order valence-corrected chi connectivity index (χ4v) is 2.84. The lowest BCUT2D eigenvalue weighted by Crippen LogP contribution is -1.73. The molecule has 0 N–H and O–H groups in total. The maximum atomic E-state index is 3.58. The van der Waals surface area contributed by atoms with E-state index in [1.54, 1.807) is 0 Å². The van der Waals surface area contributed by atoms with Crippen LogP contribution in [0.15, 0.2) is 28.5 Å². The van der Waals surface area contributed by atoms with Crippen molar-refractivity contribution < 1.29 is 0 Å². The SMILES string of the molecule is Cc1ccc2[pH]ccc2c1Br. The van der Waals surface area contributed by atoms with Gasteiger partial charge in [-0.25, -0.2) is 0 Å². The highest BCUT2D eigenvalue weighted by atomic mass is 79.9. The Balaban J connectivity index is 2.93. The molecule has 0 fully saturated rings. The normalized spacial score (nSPS) is 11.5. The lowest BCUT2D eigenvalue weighted by Gasteiger charge is -1.98. The van der Waals surface area contributed by atoms with Crippen LogP contribution in [0, 0.1) is 6.92 Å². The van der Waals surface area contributed by atoms with Crippen molar-refractivity contribution in [2.45, 2.75) is 6.92 Å². The predicted molar refractivity (Wildman–Crippen MR) is 55.9 cm³/mol. The summed E-state index contributed by atoms with van der Waals surface area (Å²) in [6.45, 7) is 2.12. The molecule has 0 aliphatic carbocycles. The Morgan fingerprint density at radius 3 is 2.91 bits per heavy atom. The fraction of sp³-hybridized carbons (Fsp3) is 0.111. The first kappa shape index (κ1) is 7.39. The maximum absolute atomic E-state index is 3.58. The van der Waals surface area contributed by atoms with Crippen LogP contribution in [0.2, 0.25) is 0 Å². The van der Waals surface area contributed by atoms with Crippen LogP contribution >= 0.6 is 24.1 Å². The summed E-state index contributed by atoms with van der Waals surface area (Å²) in [6, 6.07) is 6.58. The molecule has 0 aliphatic rings. The average Bonchev–Trinajstić information content (AvgIpc) is 2.45. The van der Waals surface area contributed by atoms with Gasteiger partial charge in [0.2, 0.25) is 0 Å². The van der Waals surface area contributed by atoms with Crippen LogP contribution in [0.5, 0.6) is 0 Å². The van der Waals surface area contributed by atoms with Gasteiger partial charge in [-0.3, -0.25) is 0 Å². The highest BCUT2D eigenvalue weighted by Gasteiger charge is 2.00. The number of aryl methyl sites for hydroxylation is 1. The van der Waals surface area contributed by atoms with Gasteiger partial charge in [0.25, 0.3) is 0 Å². The van der Waals surface area contributed by atoms with E-state index in [9.17, 15) is 0 Å². The Morgan fingerprint density at radius 1 is 1.27 bits per heavy atom. The molecule has 1 unspecified atom stereocenters. The predicted octanol–water partition coefficient (Wildman–Crippen LogP) is 3.94. The molecule has 2 rings (SSSR count). The summed E-state index contributed by atoms with van der Waals surface area (Å²) >= 11 is 3.58. The van der Waals surface area contributed by atoms with Gasteiger partial charge < -0.3 is 0 Å². The van der Waals surface area contributed by atoms with Gasteiger partial charge in [0.05, 0.1) is 0 Å². The van der Waals surface area contributed by atoms with Crippen molar-refractivity contribution in [3.05, 3.63) is 34.0 Å². The van der Waals surface area contributed by atoms with E-state index in [2.05, 4.69) is 46.9 Å². The van der Waals surface area contributed by atoms with Crippen LogP contribution in [0.1, 0.15) is 5.56 Å². The zero-order chi connectivity index (χ0) is 7.84. The molecule has 56 valence electrons. The first-order chi connectivity index (χ1) is 5.29. The third kappa shape index (κ3) is 1.13. The zero-order valence-corrected chi connectivity index (χ0v) is 8.77. The second kappa shape index (κ2) is 2.66. The monoisotopic (exact) mass is 226 g/mol. The standard InChI is InChI=1S/C9H8BrP/c1-6-2-3-8-7(9(6)10)4-5-11-8/h2-5,11H,1H3. The van der Waals surface area contributed by atoms with E-state index in [1.165, 1.54) is 20.5 Å². The lowest BCUT2D eigenvalue weighted by molar-refractivity contribution is 1.48. The number of fused-ring (bicyclic) bond motifs is 1. The third-order valence-electron chi connectivity index (χ3n) is 1.86. The Bertz CT molecular complexity index is 389. The summed E-state index contributed by atoms with van der Waals surface area (Å²) in [7, 11) is 0.862. The number of halogens is 1.